The van der Waals surface area contributed by atoms with Gasteiger partial charge in [0.1, 0.15) is 11.4 Å². The third-order valence-electron chi connectivity index (χ3n) is 4.08. The van der Waals surface area contributed by atoms with Crippen LogP contribution < -0.4 is 10.1 Å². The van der Waals surface area contributed by atoms with Crippen molar-refractivity contribution < 1.29 is 4.74 Å². The third-order valence-corrected chi connectivity index (χ3v) is 4.88. The Morgan fingerprint density at radius 2 is 2.16 bits per heavy atom. The molecular formula is C15H19BrClNO. The predicted molar refractivity (Wildman–Crippen MR) is 82.0 cm³/mol. The fourth-order valence-corrected chi connectivity index (χ4v) is 3.05. The third kappa shape index (κ3) is 3.45. The molecule has 1 aromatic rings. The Bertz CT molecular complexity index is 457. The van der Waals surface area contributed by atoms with Gasteiger partial charge in [-0.05, 0) is 63.3 Å². The zero-order chi connectivity index (χ0) is 13.3. The van der Waals surface area contributed by atoms with Crippen LogP contribution in [-0.2, 0) is 0 Å². The molecule has 104 valence electrons. The molecule has 2 aliphatic carbocycles. The Morgan fingerprint density at radius 1 is 1.37 bits per heavy atom. The minimum atomic E-state index is 0.00627. The molecule has 0 bridgehead atoms. The first-order valence-electron chi connectivity index (χ1n) is 7.04. The van der Waals surface area contributed by atoms with E-state index >= 15 is 0 Å². The summed E-state index contributed by atoms with van der Waals surface area (Å²) in [5.74, 6) is 0.808. The summed E-state index contributed by atoms with van der Waals surface area (Å²) in [6.07, 6.45) is 7.29. The van der Waals surface area contributed by atoms with E-state index in [1.807, 2.05) is 18.2 Å². The van der Waals surface area contributed by atoms with Crippen LogP contribution in [0.3, 0.4) is 0 Å². The number of ether oxygens (including phenoxy) is 1. The second kappa shape index (κ2) is 5.63. The van der Waals surface area contributed by atoms with Gasteiger partial charge in [0, 0.05) is 10.5 Å². The summed E-state index contributed by atoms with van der Waals surface area (Å²) in [4.78, 5) is 0. The van der Waals surface area contributed by atoms with Gasteiger partial charge in [0.15, 0.2) is 0 Å². The summed E-state index contributed by atoms with van der Waals surface area (Å²) < 4.78 is 7.26. The van der Waals surface area contributed by atoms with Gasteiger partial charge in [-0.25, -0.2) is 0 Å². The lowest BCUT2D eigenvalue weighted by molar-refractivity contribution is -0.0142. The fourth-order valence-electron chi connectivity index (χ4n) is 2.55. The van der Waals surface area contributed by atoms with Crippen molar-refractivity contribution in [1.82, 2.24) is 5.32 Å². The van der Waals surface area contributed by atoms with Crippen LogP contribution in [0.2, 0.25) is 5.02 Å². The number of halogens is 2. The van der Waals surface area contributed by atoms with Crippen molar-refractivity contribution in [2.75, 3.05) is 6.54 Å². The van der Waals surface area contributed by atoms with E-state index in [0.717, 1.165) is 42.1 Å². The zero-order valence-corrected chi connectivity index (χ0v) is 13.3. The Kier molecular flexibility index (Phi) is 4.06. The van der Waals surface area contributed by atoms with Crippen molar-refractivity contribution in [2.24, 2.45) is 0 Å². The van der Waals surface area contributed by atoms with Crippen molar-refractivity contribution in [3.63, 3.8) is 0 Å². The van der Waals surface area contributed by atoms with Crippen LogP contribution in [-0.4, -0.2) is 18.2 Å². The van der Waals surface area contributed by atoms with Crippen LogP contribution in [0.15, 0.2) is 22.7 Å². The molecule has 0 spiro atoms. The fraction of sp³-hybridized carbons (Fsp3) is 0.600. The molecule has 3 rings (SSSR count). The Balaban J connectivity index is 1.62. The van der Waals surface area contributed by atoms with Crippen LogP contribution in [0.25, 0.3) is 0 Å². The molecular weight excluding hydrogens is 326 g/mol. The normalized spacial score (nSPS) is 20.9. The minimum Gasteiger partial charge on any atom is -0.486 e. The van der Waals surface area contributed by atoms with Crippen molar-refractivity contribution in [2.45, 2.75) is 50.2 Å². The number of nitrogens with one attached hydrogen (secondary N) is 1. The molecule has 2 fully saturated rings. The maximum Gasteiger partial charge on any atom is 0.139 e. The number of rotatable bonds is 6. The van der Waals surface area contributed by atoms with Gasteiger partial charge in [-0.3, -0.25) is 0 Å². The highest BCUT2D eigenvalue weighted by Gasteiger charge is 2.39. The molecule has 2 saturated carbocycles. The van der Waals surface area contributed by atoms with Gasteiger partial charge >= 0.3 is 0 Å². The van der Waals surface area contributed by atoms with Crippen molar-refractivity contribution in [3.05, 3.63) is 27.7 Å². The van der Waals surface area contributed by atoms with Crippen LogP contribution in [0, 0.1) is 0 Å². The molecule has 0 amide bonds. The highest BCUT2D eigenvalue weighted by molar-refractivity contribution is 9.10. The Morgan fingerprint density at radius 3 is 2.79 bits per heavy atom. The molecule has 4 heteroatoms. The SMILES string of the molecule is Clc1ccc(Br)cc1OC1(CCNC2CC2)CCC1. The number of hydrogen-bond donors (Lipinski definition) is 1. The van der Waals surface area contributed by atoms with Gasteiger partial charge in [-0.1, -0.05) is 27.5 Å². The van der Waals surface area contributed by atoms with E-state index < -0.39 is 0 Å². The van der Waals surface area contributed by atoms with E-state index in [2.05, 4.69) is 21.2 Å². The molecule has 2 aliphatic rings. The van der Waals surface area contributed by atoms with E-state index in [1.54, 1.807) is 0 Å². The van der Waals surface area contributed by atoms with Gasteiger partial charge in [0.25, 0.3) is 0 Å². The summed E-state index contributed by atoms with van der Waals surface area (Å²) in [6, 6.07) is 6.57. The largest absolute Gasteiger partial charge is 0.486 e. The van der Waals surface area contributed by atoms with E-state index in [1.165, 1.54) is 19.3 Å². The number of hydrogen-bond acceptors (Lipinski definition) is 2. The molecule has 0 radical (unpaired) electrons. The highest BCUT2D eigenvalue weighted by atomic mass is 79.9. The lowest BCUT2D eigenvalue weighted by atomic mass is 9.77. The second-order valence-electron chi connectivity index (χ2n) is 5.69. The van der Waals surface area contributed by atoms with Crippen LogP contribution >= 0.6 is 27.5 Å². The molecule has 2 nitrogen and oxygen atoms in total. The zero-order valence-electron chi connectivity index (χ0n) is 10.9. The molecule has 0 unspecified atom stereocenters. The van der Waals surface area contributed by atoms with Crippen molar-refractivity contribution in [1.29, 1.82) is 0 Å². The maximum atomic E-state index is 6.25. The summed E-state index contributed by atoms with van der Waals surface area (Å²) in [5, 5.41) is 4.27. The molecule has 1 N–H and O–H groups in total. The monoisotopic (exact) mass is 343 g/mol. The topological polar surface area (TPSA) is 21.3 Å². The highest BCUT2D eigenvalue weighted by Crippen LogP contribution is 2.41. The smallest absolute Gasteiger partial charge is 0.139 e. The second-order valence-corrected chi connectivity index (χ2v) is 7.01. The van der Waals surface area contributed by atoms with Crippen LogP contribution in [0.1, 0.15) is 38.5 Å². The van der Waals surface area contributed by atoms with Gasteiger partial charge in [0.05, 0.1) is 5.02 Å². The quantitative estimate of drug-likeness (QED) is 0.817. The Labute approximate surface area is 128 Å². The molecule has 0 heterocycles. The van der Waals surface area contributed by atoms with Gasteiger partial charge in [0.2, 0.25) is 0 Å². The first kappa shape index (κ1) is 13.7. The van der Waals surface area contributed by atoms with Crippen LogP contribution in [0.4, 0.5) is 0 Å². The summed E-state index contributed by atoms with van der Waals surface area (Å²) >= 11 is 9.69. The summed E-state index contributed by atoms with van der Waals surface area (Å²) in [5.41, 5.74) is 0.00627. The molecule has 0 aromatic heterocycles. The van der Waals surface area contributed by atoms with Crippen molar-refractivity contribution >= 4 is 27.5 Å². The lowest BCUT2D eigenvalue weighted by Crippen LogP contribution is -2.45. The van der Waals surface area contributed by atoms with E-state index in [4.69, 9.17) is 16.3 Å². The first-order valence-corrected chi connectivity index (χ1v) is 8.21. The number of benzene rings is 1. The average Bonchev–Trinajstić information content (AvgIpc) is 3.14. The van der Waals surface area contributed by atoms with E-state index in [9.17, 15) is 0 Å². The predicted octanol–water partition coefficient (Wildman–Crippen LogP) is 4.55. The van der Waals surface area contributed by atoms with Crippen molar-refractivity contribution in [3.8, 4) is 5.75 Å². The standard InChI is InChI=1S/C15H19BrClNO/c16-11-2-5-13(17)14(10-11)19-15(6-1-7-15)8-9-18-12-3-4-12/h2,5,10,12,18H,1,3-4,6-9H2. The first-order chi connectivity index (χ1) is 9.17. The van der Waals surface area contributed by atoms with Crippen LogP contribution in [0.5, 0.6) is 5.75 Å². The lowest BCUT2D eigenvalue weighted by Gasteiger charge is -2.42. The van der Waals surface area contributed by atoms with Gasteiger partial charge < -0.3 is 10.1 Å². The molecule has 0 aliphatic heterocycles. The summed E-state index contributed by atoms with van der Waals surface area (Å²) in [7, 11) is 0. The van der Waals surface area contributed by atoms with Gasteiger partial charge in [-0.2, -0.15) is 0 Å². The summed E-state index contributed by atoms with van der Waals surface area (Å²) in [6.45, 7) is 1.05. The minimum absolute atomic E-state index is 0.00627. The Hall–Kier alpha value is -0.250. The molecule has 0 saturated heterocycles. The molecule has 19 heavy (non-hydrogen) atoms. The molecule has 1 aromatic carbocycles. The van der Waals surface area contributed by atoms with E-state index in [0.29, 0.717) is 5.02 Å². The molecule has 0 atom stereocenters. The van der Waals surface area contributed by atoms with Gasteiger partial charge in [-0.15, -0.1) is 0 Å². The maximum absolute atomic E-state index is 6.25. The van der Waals surface area contributed by atoms with E-state index in [-0.39, 0.29) is 5.60 Å². The average molecular weight is 345 g/mol.